The average molecular weight is 338 g/mol. The lowest BCUT2D eigenvalue weighted by atomic mass is 10.2. The number of aromatic amines is 1. The zero-order valence-corrected chi connectivity index (χ0v) is 14.1. The number of H-pyrrole nitrogens is 1. The third kappa shape index (κ3) is 3.94. The van der Waals surface area contributed by atoms with Gasteiger partial charge in [-0.15, -0.1) is 0 Å². The molecule has 0 spiro atoms. The van der Waals surface area contributed by atoms with Crippen molar-refractivity contribution in [1.82, 2.24) is 14.8 Å². The first-order valence-corrected chi connectivity index (χ1v) is 7.39. The number of nitrogens with zero attached hydrogens (tertiary/aromatic N) is 2. The topological polar surface area (TPSA) is 98.4 Å². The molecule has 4 N–H and O–H groups in total. The fourth-order valence-electron chi connectivity index (χ4n) is 2.00. The highest BCUT2D eigenvalue weighted by Crippen LogP contribution is 2.30. The van der Waals surface area contributed by atoms with E-state index in [2.05, 4.69) is 4.98 Å². The summed E-state index contributed by atoms with van der Waals surface area (Å²) in [5, 5.41) is 8.52. The third-order valence-corrected chi connectivity index (χ3v) is 3.68. The lowest BCUT2D eigenvalue weighted by Gasteiger charge is -2.12. The summed E-state index contributed by atoms with van der Waals surface area (Å²) < 4.78 is 5.67. The van der Waals surface area contributed by atoms with Crippen molar-refractivity contribution in [3.05, 3.63) is 28.9 Å². The van der Waals surface area contributed by atoms with Gasteiger partial charge >= 0.3 is 0 Å². The van der Waals surface area contributed by atoms with E-state index in [1.54, 1.807) is 18.2 Å². The molecule has 7 nitrogen and oxygen atoms in total. The van der Waals surface area contributed by atoms with Crippen molar-refractivity contribution >= 4 is 34.4 Å². The van der Waals surface area contributed by atoms with E-state index in [1.165, 1.54) is 7.05 Å². The standard InChI is InChI=1S/C15H20ClN5O2/c1-20(2)4-5-23-9-6-11(16)10-8-13(19-12(10)7-9)14(22)21(3)15(17)18/h6-8,19H,4-5H2,1-3H3,(H3,17,18). The monoisotopic (exact) mass is 337 g/mol. The van der Waals surface area contributed by atoms with Crippen LogP contribution in [0, 0.1) is 5.41 Å². The maximum atomic E-state index is 12.2. The number of hydrogen-bond acceptors (Lipinski definition) is 4. The van der Waals surface area contributed by atoms with Crippen LogP contribution in [0.2, 0.25) is 5.02 Å². The van der Waals surface area contributed by atoms with E-state index >= 15 is 0 Å². The van der Waals surface area contributed by atoms with E-state index in [9.17, 15) is 4.79 Å². The number of carbonyl (C=O) groups is 1. The first-order valence-electron chi connectivity index (χ1n) is 7.01. The Morgan fingerprint density at radius 3 is 2.65 bits per heavy atom. The van der Waals surface area contributed by atoms with Crippen molar-refractivity contribution in [2.45, 2.75) is 0 Å². The number of fused-ring (bicyclic) bond motifs is 1. The molecule has 2 aromatic rings. The molecular weight excluding hydrogens is 318 g/mol. The molecule has 0 bridgehead atoms. The second-order valence-corrected chi connectivity index (χ2v) is 5.86. The summed E-state index contributed by atoms with van der Waals surface area (Å²) in [6.07, 6.45) is 0. The van der Waals surface area contributed by atoms with E-state index in [0.717, 1.165) is 11.4 Å². The molecule has 0 saturated carbocycles. The van der Waals surface area contributed by atoms with Crippen molar-refractivity contribution < 1.29 is 9.53 Å². The second kappa shape index (κ2) is 6.89. The zero-order valence-electron chi connectivity index (χ0n) is 13.3. The van der Waals surface area contributed by atoms with Gasteiger partial charge in [0.05, 0.1) is 10.5 Å². The van der Waals surface area contributed by atoms with Crippen LogP contribution in [0.4, 0.5) is 0 Å². The number of halogens is 1. The van der Waals surface area contributed by atoms with Gasteiger partial charge in [-0.25, -0.2) is 0 Å². The van der Waals surface area contributed by atoms with Crippen molar-refractivity contribution in [1.29, 1.82) is 5.41 Å². The number of rotatable bonds is 5. The Bertz CT molecular complexity index is 741. The van der Waals surface area contributed by atoms with Gasteiger partial charge in [0.2, 0.25) is 0 Å². The fourth-order valence-corrected chi connectivity index (χ4v) is 2.27. The highest BCUT2D eigenvalue weighted by atomic mass is 35.5. The molecule has 1 aromatic heterocycles. The number of aromatic nitrogens is 1. The minimum atomic E-state index is -0.403. The molecule has 1 amide bonds. The van der Waals surface area contributed by atoms with Crippen molar-refractivity contribution in [2.75, 3.05) is 34.3 Å². The van der Waals surface area contributed by atoms with Crippen LogP contribution >= 0.6 is 11.6 Å². The summed E-state index contributed by atoms with van der Waals surface area (Å²) in [7, 11) is 5.37. The van der Waals surface area contributed by atoms with Crippen LogP contribution in [0.15, 0.2) is 18.2 Å². The Balaban J connectivity index is 2.27. The number of guanidine groups is 1. The highest BCUT2D eigenvalue weighted by Gasteiger charge is 2.17. The Morgan fingerprint density at radius 2 is 2.04 bits per heavy atom. The second-order valence-electron chi connectivity index (χ2n) is 5.45. The van der Waals surface area contributed by atoms with Crippen LogP contribution in [0.25, 0.3) is 10.9 Å². The number of carbonyl (C=O) groups excluding carboxylic acids is 1. The van der Waals surface area contributed by atoms with Crippen molar-refractivity contribution in [3.8, 4) is 5.75 Å². The van der Waals surface area contributed by atoms with Gasteiger partial charge in [0.25, 0.3) is 5.91 Å². The van der Waals surface area contributed by atoms with Gasteiger partial charge in [-0.1, -0.05) is 11.6 Å². The van der Waals surface area contributed by atoms with Gasteiger partial charge in [0.1, 0.15) is 18.1 Å². The molecule has 0 aliphatic rings. The molecular formula is C15H20ClN5O2. The molecule has 1 heterocycles. The molecule has 124 valence electrons. The minimum Gasteiger partial charge on any atom is -0.492 e. The molecule has 0 aliphatic heterocycles. The fraction of sp³-hybridized carbons (Fsp3) is 0.333. The Hall–Kier alpha value is -2.25. The predicted molar refractivity (Wildman–Crippen MR) is 91.4 cm³/mol. The Labute approximate surface area is 139 Å². The molecule has 2 rings (SSSR count). The molecule has 0 aliphatic carbocycles. The summed E-state index contributed by atoms with van der Waals surface area (Å²) in [5.74, 6) is -0.0996. The maximum absolute atomic E-state index is 12.2. The lowest BCUT2D eigenvalue weighted by molar-refractivity contribution is 0.0864. The first-order chi connectivity index (χ1) is 10.8. The van der Waals surface area contributed by atoms with Crippen LogP contribution in [0.1, 0.15) is 10.5 Å². The molecule has 8 heteroatoms. The van der Waals surface area contributed by atoms with Crippen LogP contribution in [0.5, 0.6) is 5.75 Å². The normalized spacial score (nSPS) is 11.0. The molecule has 1 aromatic carbocycles. The van der Waals surface area contributed by atoms with E-state index in [0.29, 0.717) is 34.0 Å². The summed E-state index contributed by atoms with van der Waals surface area (Å²) in [4.78, 5) is 18.3. The van der Waals surface area contributed by atoms with Crippen LogP contribution in [-0.2, 0) is 0 Å². The van der Waals surface area contributed by atoms with Gasteiger partial charge in [-0.05, 0) is 26.2 Å². The maximum Gasteiger partial charge on any atom is 0.276 e. The Kier molecular flexibility index (Phi) is 5.12. The van der Waals surface area contributed by atoms with Gasteiger partial charge in [-0.3, -0.25) is 15.1 Å². The molecule has 0 radical (unpaired) electrons. The molecule has 23 heavy (non-hydrogen) atoms. The molecule has 0 unspecified atom stereocenters. The van der Waals surface area contributed by atoms with Crippen LogP contribution in [0.3, 0.4) is 0 Å². The summed E-state index contributed by atoms with van der Waals surface area (Å²) in [5.41, 5.74) is 6.33. The van der Waals surface area contributed by atoms with Gasteiger partial charge in [-0.2, -0.15) is 0 Å². The van der Waals surface area contributed by atoms with Crippen molar-refractivity contribution in [3.63, 3.8) is 0 Å². The number of ether oxygens (including phenoxy) is 1. The van der Waals surface area contributed by atoms with Gasteiger partial charge in [0.15, 0.2) is 5.96 Å². The number of likely N-dealkylation sites (N-methyl/N-ethyl adjacent to an activating group) is 1. The van der Waals surface area contributed by atoms with Gasteiger partial charge < -0.3 is 20.4 Å². The lowest BCUT2D eigenvalue weighted by Crippen LogP contribution is -2.38. The highest BCUT2D eigenvalue weighted by molar-refractivity contribution is 6.35. The molecule has 0 saturated heterocycles. The number of amides is 1. The first kappa shape index (κ1) is 17.1. The Morgan fingerprint density at radius 1 is 1.35 bits per heavy atom. The predicted octanol–water partition coefficient (Wildman–Crippen LogP) is 1.73. The van der Waals surface area contributed by atoms with E-state index in [4.69, 9.17) is 27.5 Å². The summed E-state index contributed by atoms with van der Waals surface area (Å²) >= 11 is 6.26. The smallest absolute Gasteiger partial charge is 0.276 e. The molecule has 0 fully saturated rings. The van der Waals surface area contributed by atoms with Gasteiger partial charge in [0, 0.05) is 25.0 Å². The minimum absolute atomic E-state index is 0.310. The SMILES string of the molecule is CN(C)CCOc1cc(Cl)c2cc(C(=O)N(C)C(=N)N)[nH]c2c1. The number of benzene rings is 1. The quantitative estimate of drug-likeness (QED) is 0.571. The van der Waals surface area contributed by atoms with Crippen LogP contribution in [-0.4, -0.2) is 60.9 Å². The molecule has 0 atom stereocenters. The van der Waals surface area contributed by atoms with Crippen molar-refractivity contribution in [2.24, 2.45) is 5.73 Å². The van der Waals surface area contributed by atoms with Crippen LogP contribution < -0.4 is 10.5 Å². The average Bonchev–Trinajstić information content (AvgIpc) is 2.89. The summed E-state index contributed by atoms with van der Waals surface area (Å²) in [6.45, 7) is 1.32. The van der Waals surface area contributed by atoms with E-state index < -0.39 is 5.91 Å². The zero-order chi connectivity index (χ0) is 17.1. The largest absolute Gasteiger partial charge is 0.492 e. The van der Waals surface area contributed by atoms with E-state index in [1.807, 2.05) is 19.0 Å². The number of nitrogens with one attached hydrogen (secondary N) is 2. The number of nitrogens with two attached hydrogens (primary N) is 1. The van der Waals surface area contributed by atoms with E-state index in [-0.39, 0.29) is 5.96 Å². The summed E-state index contributed by atoms with van der Waals surface area (Å²) in [6, 6.07) is 5.15. The number of hydrogen-bond donors (Lipinski definition) is 3. The third-order valence-electron chi connectivity index (χ3n) is 3.36.